The summed E-state index contributed by atoms with van der Waals surface area (Å²) >= 11 is 1.55. The number of rotatable bonds is 7. The van der Waals surface area contributed by atoms with E-state index in [0.717, 1.165) is 35.7 Å². The molecule has 0 aromatic carbocycles. The van der Waals surface area contributed by atoms with Crippen LogP contribution >= 0.6 is 11.3 Å². The van der Waals surface area contributed by atoms with Crippen LogP contribution in [0.1, 0.15) is 32.4 Å². The van der Waals surface area contributed by atoms with Crippen LogP contribution in [0.2, 0.25) is 0 Å². The number of nitrogens with one attached hydrogen (secondary N) is 1. The third-order valence-corrected chi connectivity index (χ3v) is 4.02. The second-order valence-corrected chi connectivity index (χ2v) is 6.31. The largest absolute Gasteiger partial charge is 0.356 e. The lowest BCUT2D eigenvalue weighted by molar-refractivity contribution is -0.120. The van der Waals surface area contributed by atoms with Crippen LogP contribution in [0.25, 0.3) is 10.6 Å². The number of pyridine rings is 1. The van der Waals surface area contributed by atoms with Gasteiger partial charge in [0.05, 0.1) is 12.1 Å². The Labute approximate surface area is 129 Å². The summed E-state index contributed by atoms with van der Waals surface area (Å²) in [7, 11) is 0. The van der Waals surface area contributed by atoms with Crippen LogP contribution in [0.4, 0.5) is 0 Å². The SMILES string of the molecule is CC(C)CCCNC(=O)Cc1csc(-c2cccnc2)n1. The minimum Gasteiger partial charge on any atom is -0.356 e. The molecule has 0 saturated heterocycles. The predicted molar refractivity (Wildman–Crippen MR) is 86.1 cm³/mol. The van der Waals surface area contributed by atoms with Crippen molar-refractivity contribution in [3.8, 4) is 10.6 Å². The van der Waals surface area contributed by atoms with E-state index in [1.165, 1.54) is 0 Å². The number of amides is 1. The van der Waals surface area contributed by atoms with Gasteiger partial charge in [-0.1, -0.05) is 13.8 Å². The maximum Gasteiger partial charge on any atom is 0.226 e. The van der Waals surface area contributed by atoms with Crippen LogP contribution in [0.15, 0.2) is 29.9 Å². The summed E-state index contributed by atoms with van der Waals surface area (Å²) < 4.78 is 0. The Bertz CT molecular complexity index is 566. The van der Waals surface area contributed by atoms with Crippen molar-refractivity contribution in [3.05, 3.63) is 35.6 Å². The quantitative estimate of drug-likeness (QED) is 0.798. The van der Waals surface area contributed by atoms with Gasteiger partial charge in [0.2, 0.25) is 5.91 Å². The van der Waals surface area contributed by atoms with Gasteiger partial charge >= 0.3 is 0 Å². The van der Waals surface area contributed by atoms with Gasteiger partial charge in [-0.25, -0.2) is 4.98 Å². The molecule has 4 nitrogen and oxygen atoms in total. The van der Waals surface area contributed by atoms with Gasteiger partial charge in [0.15, 0.2) is 0 Å². The molecule has 0 unspecified atom stereocenters. The Morgan fingerprint density at radius 3 is 3.00 bits per heavy atom. The molecule has 112 valence electrons. The lowest BCUT2D eigenvalue weighted by Crippen LogP contribution is -2.26. The molecule has 1 amide bonds. The Morgan fingerprint density at radius 2 is 2.29 bits per heavy atom. The van der Waals surface area contributed by atoms with Crippen LogP contribution in [0.3, 0.4) is 0 Å². The van der Waals surface area contributed by atoms with E-state index in [1.807, 2.05) is 17.5 Å². The van der Waals surface area contributed by atoms with Gasteiger partial charge in [-0.15, -0.1) is 11.3 Å². The highest BCUT2D eigenvalue weighted by molar-refractivity contribution is 7.13. The molecule has 0 atom stereocenters. The van der Waals surface area contributed by atoms with Gasteiger partial charge in [-0.05, 0) is 30.9 Å². The van der Waals surface area contributed by atoms with Gasteiger partial charge in [-0.2, -0.15) is 0 Å². The Morgan fingerprint density at radius 1 is 1.43 bits per heavy atom. The summed E-state index contributed by atoms with van der Waals surface area (Å²) in [5.41, 5.74) is 1.81. The molecular formula is C16H21N3OS. The lowest BCUT2D eigenvalue weighted by atomic mass is 10.1. The summed E-state index contributed by atoms with van der Waals surface area (Å²) in [6, 6.07) is 3.86. The van der Waals surface area contributed by atoms with E-state index < -0.39 is 0 Å². The number of carbonyl (C=O) groups excluding carboxylic acids is 1. The predicted octanol–water partition coefficient (Wildman–Crippen LogP) is 3.30. The van der Waals surface area contributed by atoms with E-state index in [1.54, 1.807) is 23.7 Å². The summed E-state index contributed by atoms with van der Waals surface area (Å²) in [6.07, 6.45) is 6.04. The van der Waals surface area contributed by atoms with Crippen molar-refractivity contribution in [3.63, 3.8) is 0 Å². The third kappa shape index (κ3) is 5.27. The summed E-state index contributed by atoms with van der Waals surface area (Å²) in [6.45, 7) is 5.13. The fraction of sp³-hybridized carbons (Fsp3) is 0.438. The van der Waals surface area contributed by atoms with Crippen LogP contribution < -0.4 is 5.32 Å². The van der Waals surface area contributed by atoms with Crippen molar-refractivity contribution in [1.82, 2.24) is 15.3 Å². The molecule has 0 spiro atoms. The first-order valence-corrected chi connectivity index (χ1v) is 8.14. The fourth-order valence-electron chi connectivity index (χ4n) is 1.98. The molecule has 2 aromatic rings. The van der Waals surface area contributed by atoms with Gasteiger partial charge in [0, 0.05) is 29.9 Å². The molecule has 1 N–H and O–H groups in total. The van der Waals surface area contributed by atoms with Gasteiger partial charge in [0.1, 0.15) is 5.01 Å². The molecule has 2 heterocycles. The van der Waals surface area contributed by atoms with Gasteiger partial charge in [-0.3, -0.25) is 9.78 Å². The van der Waals surface area contributed by atoms with Crippen molar-refractivity contribution in [1.29, 1.82) is 0 Å². The van der Waals surface area contributed by atoms with E-state index >= 15 is 0 Å². The normalized spacial score (nSPS) is 10.8. The monoisotopic (exact) mass is 303 g/mol. The highest BCUT2D eigenvalue weighted by Gasteiger charge is 2.08. The molecule has 0 saturated carbocycles. The number of aromatic nitrogens is 2. The van der Waals surface area contributed by atoms with E-state index in [9.17, 15) is 4.79 Å². The zero-order chi connectivity index (χ0) is 15.1. The highest BCUT2D eigenvalue weighted by atomic mass is 32.1. The van der Waals surface area contributed by atoms with Crippen LogP contribution in [0.5, 0.6) is 0 Å². The maximum atomic E-state index is 11.8. The van der Waals surface area contributed by atoms with Crippen molar-refractivity contribution < 1.29 is 4.79 Å². The van der Waals surface area contributed by atoms with Crippen LogP contribution in [-0.4, -0.2) is 22.4 Å². The first-order chi connectivity index (χ1) is 10.1. The average molecular weight is 303 g/mol. The fourth-order valence-corrected chi connectivity index (χ4v) is 2.79. The number of carbonyl (C=O) groups is 1. The number of hydrogen-bond donors (Lipinski definition) is 1. The van der Waals surface area contributed by atoms with Crippen LogP contribution in [0, 0.1) is 5.92 Å². The molecular weight excluding hydrogens is 282 g/mol. The maximum absolute atomic E-state index is 11.8. The molecule has 5 heteroatoms. The summed E-state index contributed by atoms with van der Waals surface area (Å²) in [5, 5.41) is 5.80. The smallest absolute Gasteiger partial charge is 0.226 e. The number of thiazole rings is 1. The standard InChI is InChI=1S/C16H21N3OS/c1-12(2)5-3-8-18-15(20)9-14-11-21-16(19-14)13-6-4-7-17-10-13/h4,6-7,10-12H,3,5,8-9H2,1-2H3,(H,18,20). The summed E-state index contributed by atoms with van der Waals surface area (Å²) in [4.78, 5) is 20.4. The molecule has 0 radical (unpaired) electrons. The van der Waals surface area contributed by atoms with Crippen molar-refractivity contribution in [2.45, 2.75) is 33.1 Å². The number of hydrogen-bond acceptors (Lipinski definition) is 4. The second-order valence-electron chi connectivity index (χ2n) is 5.45. The topological polar surface area (TPSA) is 54.9 Å². The molecule has 2 rings (SSSR count). The minimum absolute atomic E-state index is 0.0433. The van der Waals surface area contributed by atoms with Crippen LogP contribution in [-0.2, 0) is 11.2 Å². The third-order valence-electron chi connectivity index (χ3n) is 3.08. The molecule has 0 fully saturated rings. The number of nitrogens with zero attached hydrogens (tertiary/aromatic N) is 2. The zero-order valence-electron chi connectivity index (χ0n) is 12.5. The van der Waals surface area contributed by atoms with Gasteiger partial charge in [0.25, 0.3) is 0 Å². The van der Waals surface area contributed by atoms with Crippen molar-refractivity contribution in [2.24, 2.45) is 5.92 Å². The minimum atomic E-state index is 0.0433. The molecule has 0 aliphatic carbocycles. The van der Waals surface area contributed by atoms with E-state index in [0.29, 0.717) is 12.3 Å². The highest BCUT2D eigenvalue weighted by Crippen LogP contribution is 2.22. The Balaban J connectivity index is 1.81. The molecule has 2 aromatic heterocycles. The first-order valence-electron chi connectivity index (χ1n) is 7.26. The van der Waals surface area contributed by atoms with E-state index in [2.05, 4.69) is 29.1 Å². The molecule has 0 bridgehead atoms. The molecule has 21 heavy (non-hydrogen) atoms. The molecule has 0 aliphatic rings. The Kier molecular flexibility index (Phi) is 5.87. The zero-order valence-corrected chi connectivity index (χ0v) is 13.3. The average Bonchev–Trinajstić information content (AvgIpc) is 2.93. The van der Waals surface area contributed by atoms with Crippen molar-refractivity contribution in [2.75, 3.05) is 6.54 Å². The first kappa shape index (κ1) is 15.6. The van der Waals surface area contributed by atoms with Crippen molar-refractivity contribution >= 4 is 17.2 Å². The molecule has 0 aliphatic heterocycles. The second kappa shape index (κ2) is 7.88. The van der Waals surface area contributed by atoms with E-state index in [4.69, 9.17) is 0 Å². The van der Waals surface area contributed by atoms with E-state index in [-0.39, 0.29) is 5.91 Å². The Hall–Kier alpha value is -1.75. The lowest BCUT2D eigenvalue weighted by Gasteiger charge is -2.05. The van der Waals surface area contributed by atoms with Gasteiger partial charge < -0.3 is 5.32 Å². The summed E-state index contributed by atoms with van der Waals surface area (Å²) in [5.74, 6) is 0.726.